The van der Waals surface area contributed by atoms with Crippen LogP contribution in [0.25, 0.3) is 0 Å². The molecule has 0 spiro atoms. The minimum atomic E-state index is -2.34. The molecule has 1 aromatic rings. The minimum Gasteiger partial charge on any atom is -0.481 e. The number of aliphatic carboxylic acids is 3. The lowest BCUT2D eigenvalue weighted by Crippen LogP contribution is -2.78. The second-order valence-electron chi connectivity index (χ2n) is 8.40. The van der Waals surface area contributed by atoms with Crippen molar-refractivity contribution in [3.8, 4) is 0 Å². The molecular formula is C19H17ClN4O12S2. The Morgan fingerprint density at radius 1 is 1.32 bits per heavy atom. The van der Waals surface area contributed by atoms with Crippen molar-refractivity contribution in [2.75, 3.05) is 11.5 Å². The van der Waals surface area contributed by atoms with Gasteiger partial charge in [-0.15, -0.1) is 0 Å². The Morgan fingerprint density at radius 2 is 2.00 bits per heavy atom. The van der Waals surface area contributed by atoms with E-state index in [4.69, 9.17) is 32.0 Å². The number of carboxylic acid groups (broad SMARTS) is 3. The molecule has 3 saturated heterocycles. The molecule has 0 radical (unpaired) electrons. The van der Waals surface area contributed by atoms with Gasteiger partial charge in [-0.25, -0.2) is 14.6 Å². The standard InChI is InChI=1S/C19H17ClN4O12S2/c20-13-12(22-18(21)37-13)11(23-36-8(16(30)31)3-9(26)27)7(25)2-6-14(29)24-15(6)38(34)4-5-1-10(28)35-19(5,24)17(32)33/h5-6,8,15H,1-4H2,(H2,21,22)(H,26,27)(H,30,31)(H,32,33)/b23-11+/t5-,6+,8+,15+,19+,38-/m0/s1. The third kappa shape index (κ3) is 4.47. The van der Waals surface area contributed by atoms with Crippen molar-refractivity contribution < 1.29 is 57.9 Å². The summed E-state index contributed by atoms with van der Waals surface area (Å²) in [5.41, 5.74) is 2.24. The van der Waals surface area contributed by atoms with E-state index in [0.717, 1.165) is 11.3 Å². The van der Waals surface area contributed by atoms with E-state index < -0.39 is 94.0 Å². The fourth-order valence-corrected chi connectivity index (χ4v) is 7.41. The molecule has 4 rings (SSSR count). The maximum atomic E-state index is 13.3. The number of amides is 1. The molecule has 0 aliphatic carbocycles. The number of carbonyl (C=O) groups excluding carboxylic acids is 3. The number of nitrogen functional groups attached to an aromatic ring is 1. The number of hydrogen-bond acceptors (Lipinski definition) is 13. The van der Waals surface area contributed by atoms with E-state index in [1.807, 2.05) is 0 Å². The highest BCUT2D eigenvalue weighted by Gasteiger charge is 2.72. The van der Waals surface area contributed by atoms with Gasteiger partial charge < -0.3 is 30.6 Å². The SMILES string of the molecule is Nc1nc(/C(=N/O[C@H](CC(=O)O)C(=O)O)C(=O)C[C@@H]2C(=O)N3[C@@H]2[S@@](=O)C[C@@H]2CC(=O)O[C@@]23C(=O)O)c(Cl)s1. The number of anilines is 1. The molecule has 0 aromatic carbocycles. The molecule has 3 aliphatic rings. The Labute approximate surface area is 222 Å². The Bertz CT molecular complexity index is 1330. The van der Waals surface area contributed by atoms with Crippen molar-refractivity contribution >= 4 is 80.1 Å². The van der Waals surface area contributed by atoms with Crippen LogP contribution < -0.4 is 5.73 Å². The zero-order chi connectivity index (χ0) is 28.1. The van der Waals surface area contributed by atoms with Crippen LogP contribution in [0.1, 0.15) is 25.0 Å². The summed E-state index contributed by atoms with van der Waals surface area (Å²) in [6.07, 6.45) is -4.08. The summed E-state index contributed by atoms with van der Waals surface area (Å²) in [7, 11) is -1.86. The van der Waals surface area contributed by atoms with E-state index in [1.54, 1.807) is 0 Å². The molecule has 4 heterocycles. The number of thiazole rings is 1. The number of ketones is 1. The lowest BCUT2D eigenvalue weighted by atomic mass is 9.84. The van der Waals surface area contributed by atoms with Crippen LogP contribution in [0.3, 0.4) is 0 Å². The molecule has 204 valence electrons. The van der Waals surface area contributed by atoms with Gasteiger partial charge in [0.05, 0.1) is 24.7 Å². The Balaban J connectivity index is 1.63. The Morgan fingerprint density at radius 3 is 2.55 bits per heavy atom. The smallest absolute Gasteiger partial charge is 0.370 e. The van der Waals surface area contributed by atoms with Crippen LogP contribution in [0.4, 0.5) is 5.13 Å². The number of carbonyl (C=O) groups is 6. The van der Waals surface area contributed by atoms with Gasteiger partial charge in [0.15, 0.2) is 16.6 Å². The maximum absolute atomic E-state index is 13.3. The van der Waals surface area contributed by atoms with Crippen LogP contribution >= 0.6 is 22.9 Å². The van der Waals surface area contributed by atoms with Crippen molar-refractivity contribution in [3.63, 3.8) is 0 Å². The molecule has 16 nitrogen and oxygen atoms in total. The Kier molecular flexibility index (Phi) is 7.15. The predicted molar refractivity (Wildman–Crippen MR) is 124 cm³/mol. The summed E-state index contributed by atoms with van der Waals surface area (Å²) in [6, 6.07) is 0. The summed E-state index contributed by atoms with van der Waals surface area (Å²) in [5.74, 6) is -10.3. The second-order valence-corrected chi connectivity index (χ2v) is 11.6. The average Bonchev–Trinajstić information content (AvgIpc) is 3.32. The van der Waals surface area contributed by atoms with Crippen molar-refractivity contribution in [1.29, 1.82) is 0 Å². The van der Waals surface area contributed by atoms with Gasteiger partial charge in [-0.3, -0.25) is 28.3 Å². The lowest BCUT2D eigenvalue weighted by Gasteiger charge is -2.56. The fraction of sp³-hybridized carbons (Fsp3) is 0.474. The first kappa shape index (κ1) is 27.4. The number of rotatable bonds is 10. The van der Waals surface area contributed by atoms with Gasteiger partial charge in [0, 0.05) is 23.0 Å². The number of carboxylic acids is 3. The molecule has 19 heteroatoms. The van der Waals surface area contributed by atoms with Crippen LogP contribution in [0, 0.1) is 11.8 Å². The van der Waals surface area contributed by atoms with Gasteiger partial charge >= 0.3 is 23.9 Å². The molecular weight excluding hydrogens is 576 g/mol. The van der Waals surface area contributed by atoms with Crippen molar-refractivity contribution in [2.24, 2.45) is 17.0 Å². The molecule has 0 saturated carbocycles. The van der Waals surface area contributed by atoms with E-state index in [9.17, 15) is 43.2 Å². The zero-order valence-corrected chi connectivity index (χ0v) is 21.2. The van der Waals surface area contributed by atoms with E-state index in [2.05, 4.69) is 10.1 Å². The van der Waals surface area contributed by atoms with E-state index in [-0.39, 0.29) is 27.3 Å². The minimum absolute atomic E-state index is 0.109. The topological polar surface area (TPSA) is 253 Å². The van der Waals surface area contributed by atoms with Crippen LogP contribution in [0.2, 0.25) is 4.34 Å². The van der Waals surface area contributed by atoms with Gasteiger partial charge in [0.25, 0.3) is 5.72 Å². The number of esters is 1. The van der Waals surface area contributed by atoms with Crippen molar-refractivity contribution in [1.82, 2.24) is 9.88 Å². The fourth-order valence-electron chi connectivity index (χ4n) is 4.47. The molecule has 3 aliphatic heterocycles. The van der Waals surface area contributed by atoms with Gasteiger partial charge in [-0.1, -0.05) is 28.1 Å². The third-order valence-electron chi connectivity index (χ3n) is 6.09. The van der Waals surface area contributed by atoms with E-state index in [1.165, 1.54) is 0 Å². The molecule has 38 heavy (non-hydrogen) atoms. The molecule has 6 atom stereocenters. The van der Waals surface area contributed by atoms with Crippen LogP contribution in [-0.2, 0) is 49.1 Å². The summed E-state index contributed by atoms with van der Waals surface area (Å²) >= 11 is 6.79. The van der Waals surface area contributed by atoms with Crippen LogP contribution in [0.5, 0.6) is 0 Å². The monoisotopic (exact) mass is 592 g/mol. The normalized spacial score (nSPS) is 29.0. The van der Waals surface area contributed by atoms with Crippen molar-refractivity contribution in [2.45, 2.75) is 36.5 Å². The number of halogens is 1. The van der Waals surface area contributed by atoms with E-state index >= 15 is 0 Å². The first-order chi connectivity index (χ1) is 17.8. The average molecular weight is 593 g/mol. The number of nitrogens with zero attached hydrogens (tertiary/aromatic N) is 3. The highest BCUT2D eigenvalue weighted by atomic mass is 35.5. The highest BCUT2D eigenvalue weighted by molar-refractivity contribution is 7.85. The first-order valence-electron chi connectivity index (χ1n) is 10.6. The lowest BCUT2D eigenvalue weighted by molar-refractivity contribution is -0.220. The largest absolute Gasteiger partial charge is 0.481 e. The second kappa shape index (κ2) is 9.91. The van der Waals surface area contributed by atoms with Gasteiger partial charge in [-0.05, 0) is 0 Å². The van der Waals surface area contributed by atoms with Crippen molar-refractivity contribution in [3.05, 3.63) is 10.0 Å². The summed E-state index contributed by atoms with van der Waals surface area (Å²) in [6.45, 7) is 0. The highest BCUT2D eigenvalue weighted by Crippen LogP contribution is 2.50. The van der Waals surface area contributed by atoms with Gasteiger partial charge in [0.1, 0.15) is 15.4 Å². The number of ether oxygens (including phenoxy) is 1. The summed E-state index contributed by atoms with van der Waals surface area (Å²) in [4.78, 5) is 81.9. The zero-order valence-electron chi connectivity index (χ0n) is 18.8. The van der Waals surface area contributed by atoms with Gasteiger partial charge in [0.2, 0.25) is 12.0 Å². The summed E-state index contributed by atoms with van der Waals surface area (Å²) in [5, 5.41) is 30.0. The number of hydrogen-bond donors (Lipinski definition) is 4. The van der Waals surface area contributed by atoms with Gasteiger partial charge in [-0.2, -0.15) is 0 Å². The number of aromatic nitrogens is 1. The number of oxime groups is 1. The predicted octanol–water partition coefficient (Wildman–Crippen LogP) is -1.12. The summed E-state index contributed by atoms with van der Waals surface area (Å²) < 4.78 is 17.8. The molecule has 5 N–H and O–H groups in total. The molecule has 0 bridgehead atoms. The third-order valence-corrected chi connectivity index (χ3v) is 8.98. The first-order valence-corrected chi connectivity index (χ1v) is 13.1. The quantitative estimate of drug-likeness (QED) is 0.109. The number of fused-ring (bicyclic) bond motifs is 3. The maximum Gasteiger partial charge on any atom is 0.370 e. The number of nitrogens with two attached hydrogens (primary N) is 1. The molecule has 3 fully saturated rings. The Hall–Kier alpha value is -3.64. The molecule has 1 aromatic heterocycles. The van der Waals surface area contributed by atoms with E-state index in [0.29, 0.717) is 4.90 Å². The number of β-lactam (4-membered cyclic amide) rings is 1. The number of Topliss-reactive ketones (excluding diaryl/α,β-unsaturated/α-hetero) is 1. The van der Waals surface area contributed by atoms with Crippen LogP contribution in [-0.4, -0.2) is 93.6 Å². The molecule has 0 unspecified atom stereocenters. The molecule has 1 amide bonds. The van der Waals surface area contributed by atoms with Crippen LogP contribution in [0.15, 0.2) is 5.16 Å².